The van der Waals surface area contributed by atoms with Crippen LogP contribution in [0.1, 0.15) is 43.1 Å². The van der Waals surface area contributed by atoms with Crippen molar-refractivity contribution in [2.24, 2.45) is 5.92 Å². The number of hydrogen-bond acceptors (Lipinski definition) is 3. The fourth-order valence-electron chi connectivity index (χ4n) is 2.30. The normalized spacial score (nSPS) is 10.5. The summed E-state index contributed by atoms with van der Waals surface area (Å²) in [6, 6.07) is 12.5. The SMILES string of the molecule is CCC(=O)Nc1cccc(NC(=O)c2ccc(OCC(C)C)cc2)c1C. The van der Waals surface area contributed by atoms with E-state index in [0.29, 0.717) is 35.9 Å². The van der Waals surface area contributed by atoms with Gasteiger partial charge in [-0.3, -0.25) is 9.59 Å². The molecule has 0 saturated heterocycles. The number of nitrogens with one attached hydrogen (secondary N) is 2. The summed E-state index contributed by atoms with van der Waals surface area (Å²) < 4.78 is 5.63. The van der Waals surface area contributed by atoms with Crippen LogP contribution >= 0.6 is 0 Å². The van der Waals surface area contributed by atoms with Gasteiger partial charge in [-0.2, -0.15) is 0 Å². The van der Waals surface area contributed by atoms with Gasteiger partial charge in [0.05, 0.1) is 6.61 Å². The van der Waals surface area contributed by atoms with Crippen molar-refractivity contribution in [1.29, 1.82) is 0 Å². The van der Waals surface area contributed by atoms with Gasteiger partial charge in [0, 0.05) is 23.4 Å². The molecule has 0 bridgehead atoms. The van der Waals surface area contributed by atoms with E-state index in [4.69, 9.17) is 4.74 Å². The first kappa shape index (κ1) is 19.5. The topological polar surface area (TPSA) is 67.4 Å². The van der Waals surface area contributed by atoms with Crippen molar-refractivity contribution in [3.63, 3.8) is 0 Å². The van der Waals surface area contributed by atoms with Crippen LogP contribution in [0.3, 0.4) is 0 Å². The molecule has 0 aliphatic rings. The van der Waals surface area contributed by atoms with E-state index >= 15 is 0 Å². The zero-order valence-corrected chi connectivity index (χ0v) is 15.8. The van der Waals surface area contributed by atoms with Crippen LogP contribution in [0.4, 0.5) is 11.4 Å². The summed E-state index contributed by atoms with van der Waals surface area (Å²) in [6.07, 6.45) is 0.404. The summed E-state index contributed by atoms with van der Waals surface area (Å²) in [6.45, 7) is 8.47. The first-order chi connectivity index (χ1) is 12.4. The summed E-state index contributed by atoms with van der Waals surface area (Å²) in [5, 5.41) is 5.73. The minimum absolute atomic E-state index is 0.0615. The van der Waals surface area contributed by atoms with Gasteiger partial charge in [-0.25, -0.2) is 0 Å². The number of anilines is 2. The number of carbonyl (C=O) groups is 2. The fraction of sp³-hybridized carbons (Fsp3) is 0.333. The van der Waals surface area contributed by atoms with E-state index in [1.807, 2.05) is 19.1 Å². The number of ether oxygens (including phenoxy) is 1. The molecule has 0 heterocycles. The van der Waals surface area contributed by atoms with E-state index in [-0.39, 0.29) is 11.8 Å². The molecule has 0 unspecified atom stereocenters. The Bertz CT molecular complexity index is 767. The van der Waals surface area contributed by atoms with Crippen molar-refractivity contribution in [2.75, 3.05) is 17.2 Å². The molecule has 138 valence electrons. The smallest absolute Gasteiger partial charge is 0.255 e. The van der Waals surface area contributed by atoms with Crippen LogP contribution in [-0.4, -0.2) is 18.4 Å². The molecule has 5 heteroatoms. The van der Waals surface area contributed by atoms with Gasteiger partial charge in [-0.15, -0.1) is 0 Å². The van der Waals surface area contributed by atoms with Crippen LogP contribution in [0.25, 0.3) is 0 Å². The highest BCUT2D eigenvalue weighted by Crippen LogP contribution is 2.24. The Morgan fingerprint density at radius 3 is 2.19 bits per heavy atom. The second-order valence-corrected chi connectivity index (χ2v) is 6.56. The molecule has 2 N–H and O–H groups in total. The molecule has 5 nitrogen and oxygen atoms in total. The highest BCUT2D eigenvalue weighted by molar-refractivity contribution is 6.05. The zero-order valence-electron chi connectivity index (χ0n) is 15.8. The van der Waals surface area contributed by atoms with E-state index in [2.05, 4.69) is 24.5 Å². The van der Waals surface area contributed by atoms with E-state index in [0.717, 1.165) is 11.3 Å². The van der Waals surface area contributed by atoms with Gasteiger partial charge in [0.1, 0.15) is 5.75 Å². The van der Waals surface area contributed by atoms with E-state index in [1.54, 1.807) is 37.3 Å². The van der Waals surface area contributed by atoms with Crippen molar-refractivity contribution < 1.29 is 14.3 Å². The van der Waals surface area contributed by atoms with Gasteiger partial charge < -0.3 is 15.4 Å². The average Bonchev–Trinajstić information content (AvgIpc) is 2.63. The zero-order chi connectivity index (χ0) is 19.1. The molecular formula is C21H26N2O3. The van der Waals surface area contributed by atoms with Gasteiger partial charge in [-0.05, 0) is 54.8 Å². The molecule has 0 aliphatic heterocycles. The number of benzene rings is 2. The maximum atomic E-state index is 12.5. The third-order valence-electron chi connectivity index (χ3n) is 3.88. The monoisotopic (exact) mass is 354 g/mol. The Morgan fingerprint density at radius 2 is 1.62 bits per heavy atom. The molecule has 0 aromatic heterocycles. The molecule has 26 heavy (non-hydrogen) atoms. The molecule has 0 spiro atoms. The lowest BCUT2D eigenvalue weighted by molar-refractivity contribution is -0.115. The first-order valence-corrected chi connectivity index (χ1v) is 8.84. The molecule has 0 radical (unpaired) electrons. The number of rotatable bonds is 7. The van der Waals surface area contributed by atoms with Crippen molar-refractivity contribution in [1.82, 2.24) is 0 Å². The molecule has 2 aromatic carbocycles. The van der Waals surface area contributed by atoms with Crippen molar-refractivity contribution in [2.45, 2.75) is 34.1 Å². The molecule has 2 amide bonds. The molecule has 0 aliphatic carbocycles. The quantitative estimate of drug-likeness (QED) is 0.762. The Balaban J connectivity index is 2.07. The lowest BCUT2D eigenvalue weighted by Crippen LogP contribution is -2.15. The Labute approximate surface area is 154 Å². The largest absolute Gasteiger partial charge is 0.493 e. The van der Waals surface area contributed by atoms with Gasteiger partial charge in [0.2, 0.25) is 5.91 Å². The summed E-state index contributed by atoms with van der Waals surface area (Å²) >= 11 is 0. The van der Waals surface area contributed by atoms with Gasteiger partial charge in [-0.1, -0.05) is 26.8 Å². The Hall–Kier alpha value is -2.82. The van der Waals surface area contributed by atoms with Crippen LogP contribution in [0, 0.1) is 12.8 Å². The Kier molecular flexibility index (Phi) is 6.78. The van der Waals surface area contributed by atoms with E-state index in [1.165, 1.54) is 0 Å². The highest BCUT2D eigenvalue weighted by atomic mass is 16.5. The molecule has 0 atom stereocenters. The minimum Gasteiger partial charge on any atom is -0.493 e. The fourth-order valence-corrected chi connectivity index (χ4v) is 2.30. The maximum Gasteiger partial charge on any atom is 0.255 e. The van der Waals surface area contributed by atoms with Crippen LogP contribution in [-0.2, 0) is 4.79 Å². The standard InChI is InChI=1S/C21H26N2O3/c1-5-20(24)22-18-7-6-8-19(15(18)4)23-21(25)16-9-11-17(12-10-16)26-13-14(2)3/h6-12,14H,5,13H2,1-4H3,(H,22,24)(H,23,25). The highest BCUT2D eigenvalue weighted by Gasteiger charge is 2.11. The summed E-state index contributed by atoms with van der Waals surface area (Å²) in [5.74, 6) is 0.924. The van der Waals surface area contributed by atoms with Crippen LogP contribution in [0.15, 0.2) is 42.5 Å². The van der Waals surface area contributed by atoms with Crippen molar-refractivity contribution >= 4 is 23.2 Å². The van der Waals surface area contributed by atoms with Gasteiger partial charge >= 0.3 is 0 Å². The van der Waals surface area contributed by atoms with Crippen LogP contribution < -0.4 is 15.4 Å². The van der Waals surface area contributed by atoms with Gasteiger partial charge in [0.25, 0.3) is 5.91 Å². The minimum atomic E-state index is -0.206. The average molecular weight is 354 g/mol. The second kappa shape index (κ2) is 9.04. The molecule has 2 aromatic rings. The Morgan fingerprint density at radius 1 is 1.00 bits per heavy atom. The first-order valence-electron chi connectivity index (χ1n) is 8.84. The molecular weight excluding hydrogens is 328 g/mol. The van der Waals surface area contributed by atoms with Crippen molar-refractivity contribution in [3.05, 3.63) is 53.6 Å². The maximum absolute atomic E-state index is 12.5. The summed E-state index contributed by atoms with van der Waals surface area (Å²) in [4.78, 5) is 24.1. The molecule has 2 rings (SSSR count). The third-order valence-corrected chi connectivity index (χ3v) is 3.88. The van der Waals surface area contributed by atoms with E-state index < -0.39 is 0 Å². The van der Waals surface area contributed by atoms with Crippen LogP contribution in [0.2, 0.25) is 0 Å². The second-order valence-electron chi connectivity index (χ2n) is 6.56. The molecule has 0 fully saturated rings. The summed E-state index contributed by atoms with van der Waals surface area (Å²) in [7, 11) is 0. The lowest BCUT2D eigenvalue weighted by Gasteiger charge is -2.13. The third kappa shape index (κ3) is 5.34. The molecule has 0 saturated carbocycles. The van der Waals surface area contributed by atoms with E-state index in [9.17, 15) is 9.59 Å². The summed E-state index contributed by atoms with van der Waals surface area (Å²) in [5.41, 5.74) is 2.74. The predicted octanol–water partition coefficient (Wildman–Crippen LogP) is 4.63. The predicted molar refractivity (Wildman–Crippen MR) is 105 cm³/mol. The number of carbonyl (C=O) groups excluding carboxylic acids is 2. The van der Waals surface area contributed by atoms with Gasteiger partial charge in [0.15, 0.2) is 0 Å². The lowest BCUT2D eigenvalue weighted by atomic mass is 10.1. The number of hydrogen-bond donors (Lipinski definition) is 2. The van der Waals surface area contributed by atoms with Crippen molar-refractivity contribution in [3.8, 4) is 5.75 Å². The van der Waals surface area contributed by atoms with Crippen LogP contribution in [0.5, 0.6) is 5.75 Å². The number of amides is 2.